The Labute approximate surface area is 191 Å². The molecule has 0 spiro atoms. The summed E-state index contributed by atoms with van der Waals surface area (Å²) < 4.78 is 21.5. The quantitative estimate of drug-likeness (QED) is 0.448. The van der Waals surface area contributed by atoms with Gasteiger partial charge in [-0.05, 0) is 49.2 Å². The molecule has 1 fully saturated rings. The van der Waals surface area contributed by atoms with E-state index in [1.165, 1.54) is 6.07 Å². The summed E-state index contributed by atoms with van der Waals surface area (Å²) in [4.78, 5) is 19.6. The van der Waals surface area contributed by atoms with E-state index in [1.807, 2.05) is 42.6 Å². The van der Waals surface area contributed by atoms with Gasteiger partial charge in [-0.2, -0.15) is 0 Å². The number of piperidine rings is 1. The number of likely N-dealkylation sites (tertiary alicyclic amines) is 1. The standard InChI is InChI=1S/C26H25FN4O2/c1-33-20-10-6-8-18(16-20)24-23-13-4-5-15-31(23)25(29-24)19-9-7-14-30(17-19)26(32)28-22-12-3-2-11-21(22)27/h2-6,8,10-13,15-16,19H,7,9,14,17H2,1H3,(H,28,32). The van der Waals surface area contributed by atoms with Crippen molar-refractivity contribution in [3.05, 3.63) is 84.6 Å². The van der Waals surface area contributed by atoms with Gasteiger partial charge in [0, 0.05) is 30.8 Å². The molecule has 33 heavy (non-hydrogen) atoms. The first-order chi connectivity index (χ1) is 16.1. The smallest absolute Gasteiger partial charge is 0.321 e. The summed E-state index contributed by atoms with van der Waals surface area (Å²) in [6.07, 6.45) is 3.79. The van der Waals surface area contributed by atoms with Crippen molar-refractivity contribution >= 4 is 17.2 Å². The molecule has 1 N–H and O–H groups in total. The third-order valence-electron chi connectivity index (χ3n) is 6.11. The van der Waals surface area contributed by atoms with Gasteiger partial charge in [0.05, 0.1) is 24.0 Å². The zero-order valence-electron chi connectivity index (χ0n) is 18.4. The highest BCUT2D eigenvalue weighted by Crippen LogP contribution is 2.33. The number of rotatable bonds is 4. The van der Waals surface area contributed by atoms with Crippen LogP contribution in [0.5, 0.6) is 5.75 Å². The van der Waals surface area contributed by atoms with Gasteiger partial charge in [0.1, 0.15) is 17.4 Å². The molecule has 2 aromatic carbocycles. The highest BCUT2D eigenvalue weighted by atomic mass is 19.1. The van der Waals surface area contributed by atoms with Crippen molar-refractivity contribution in [1.29, 1.82) is 0 Å². The number of pyridine rings is 1. The molecule has 5 rings (SSSR count). The maximum absolute atomic E-state index is 14.0. The number of methoxy groups -OCH3 is 1. The van der Waals surface area contributed by atoms with Gasteiger partial charge in [0.15, 0.2) is 0 Å². The maximum atomic E-state index is 14.0. The molecule has 7 heteroatoms. The Bertz CT molecular complexity index is 1300. The average Bonchev–Trinajstić information content (AvgIpc) is 3.25. The number of imidazole rings is 1. The number of para-hydroxylation sites is 1. The highest BCUT2D eigenvalue weighted by molar-refractivity contribution is 5.89. The topological polar surface area (TPSA) is 58.9 Å². The number of anilines is 1. The van der Waals surface area contributed by atoms with Gasteiger partial charge in [0.25, 0.3) is 0 Å². The summed E-state index contributed by atoms with van der Waals surface area (Å²) in [7, 11) is 1.65. The number of hydrogen-bond acceptors (Lipinski definition) is 3. The van der Waals surface area contributed by atoms with Crippen molar-refractivity contribution in [3.63, 3.8) is 0 Å². The van der Waals surface area contributed by atoms with Crippen molar-refractivity contribution in [2.45, 2.75) is 18.8 Å². The van der Waals surface area contributed by atoms with Crippen molar-refractivity contribution in [2.24, 2.45) is 0 Å². The number of halogens is 1. The van der Waals surface area contributed by atoms with Crippen molar-refractivity contribution in [1.82, 2.24) is 14.3 Å². The first-order valence-electron chi connectivity index (χ1n) is 11.1. The highest BCUT2D eigenvalue weighted by Gasteiger charge is 2.29. The van der Waals surface area contributed by atoms with Crippen LogP contribution in [0.2, 0.25) is 0 Å². The molecule has 0 saturated carbocycles. The molecule has 0 bridgehead atoms. The minimum Gasteiger partial charge on any atom is -0.497 e. The Morgan fingerprint density at radius 2 is 1.97 bits per heavy atom. The summed E-state index contributed by atoms with van der Waals surface area (Å²) in [6, 6.07) is 19.8. The third-order valence-corrected chi connectivity index (χ3v) is 6.11. The van der Waals surface area contributed by atoms with E-state index in [2.05, 4.69) is 15.8 Å². The van der Waals surface area contributed by atoms with Crippen molar-refractivity contribution < 1.29 is 13.9 Å². The molecule has 0 aliphatic carbocycles. The Balaban J connectivity index is 1.44. The molecule has 1 saturated heterocycles. The van der Waals surface area contributed by atoms with Gasteiger partial charge in [0.2, 0.25) is 0 Å². The summed E-state index contributed by atoms with van der Waals surface area (Å²) in [6.45, 7) is 1.15. The molecule has 4 aromatic rings. The van der Waals surface area contributed by atoms with Gasteiger partial charge >= 0.3 is 6.03 Å². The van der Waals surface area contributed by atoms with Gasteiger partial charge in [-0.25, -0.2) is 14.2 Å². The Hall–Kier alpha value is -3.87. The average molecular weight is 445 g/mol. The molecule has 1 aliphatic heterocycles. The second kappa shape index (κ2) is 8.94. The number of benzene rings is 2. The van der Waals surface area contributed by atoms with Crippen LogP contribution in [0.4, 0.5) is 14.9 Å². The summed E-state index contributed by atoms with van der Waals surface area (Å²) in [5, 5.41) is 2.70. The SMILES string of the molecule is COc1cccc(-c2nc(C3CCCN(C(=O)Nc4ccccc4F)C3)n3ccccc23)c1. The fourth-order valence-corrected chi connectivity index (χ4v) is 4.46. The van der Waals surface area contributed by atoms with Crippen LogP contribution in [0.25, 0.3) is 16.8 Å². The van der Waals surface area contributed by atoms with E-state index in [4.69, 9.17) is 9.72 Å². The number of carbonyl (C=O) groups is 1. The fraction of sp³-hybridized carbons (Fsp3) is 0.231. The summed E-state index contributed by atoms with van der Waals surface area (Å²) in [5.41, 5.74) is 3.07. The number of urea groups is 1. The lowest BCUT2D eigenvalue weighted by Crippen LogP contribution is -2.42. The molecule has 0 radical (unpaired) electrons. The van der Waals surface area contributed by atoms with E-state index in [-0.39, 0.29) is 17.6 Å². The van der Waals surface area contributed by atoms with Crippen LogP contribution in [-0.2, 0) is 0 Å². The monoisotopic (exact) mass is 444 g/mol. The number of aromatic nitrogens is 2. The van der Waals surface area contributed by atoms with Crippen LogP contribution in [0.15, 0.2) is 72.9 Å². The lowest BCUT2D eigenvalue weighted by Gasteiger charge is -2.32. The lowest BCUT2D eigenvalue weighted by atomic mass is 9.97. The molecule has 2 aromatic heterocycles. The second-order valence-corrected chi connectivity index (χ2v) is 8.20. The third kappa shape index (κ3) is 4.14. The number of carbonyl (C=O) groups excluding carboxylic acids is 1. The Kier molecular flexibility index (Phi) is 5.69. The molecule has 6 nitrogen and oxygen atoms in total. The van der Waals surface area contributed by atoms with Crippen molar-refractivity contribution in [2.75, 3.05) is 25.5 Å². The number of ether oxygens (including phenoxy) is 1. The zero-order chi connectivity index (χ0) is 22.8. The zero-order valence-corrected chi connectivity index (χ0v) is 18.4. The molecular weight excluding hydrogens is 419 g/mol. The van der Waals surface area contributed by atoms with E-state index in [9.17, 15) is 9.18 Å². The van der Waals surface area contributed by atoms with Gasteiger partial charge < -0.3 is 19.4 Å². The van der Waals surface area contributed by atoms with Gasteiger partial charge in [-0.1, -0.05) is 30.3 Å². The van der Waals surface area contributed by atoms with E-state index in [0.717, 1.165) is 41.2 Å². The van der Waals surface area contributed by atoms with Crippen LogP contribution < -0.4 is 10.1 Å². The van der Waals surface area contributed by atoms with E-state index >= 15 is 0 Å². The number of amides is 2. The number of hydrogen-bond donors (Lipinski definition) is 1. The van der Waals surface area contributed by atoms with Crippen LogP contribution in [-0.4, -0.2) is 40.5 Å². The first kappa shape index (κ1) is 21.0. The minimum atomic E-state index is -0.443. The number of nitrogens with one attached hydrogen (secondary N) is 1. The minimum absolute atomic E-state index is 0.0689. The van der Waals surface area contributed by atoms with Gasteiger partial charge in [-0.3, -0.25) is 0 Å². The van der Waals surface area contributed by atoms with E-state index < -0.39 is 5.82 Å². The van der Waals surface area contributed by atoms with Crippen LogP contribution in [0, 0.1) is 5.82 Å². The van der Waals surface area contributed by atoms with Crippen LogP contribution in [0.1, 0.15) is 24.6 Å². The van der Waals surface area contributed by atoms with E-state index in [0.29, 0.717) is 13.1 Å². The Morgan fingerprint density at radius 1 is 1.12 bits per heavy atom. The normalized spacial score (nSPS) is 16.1. The Morgan fingerprint density at radius 3 is 2.82 bits per heavy atom. The van der Waals surface area contributed by atoms with Crippen LogP contribution >= 0.6 is 0 Å². The molecular formula is C26H25FN4O2. The molecule has 1 aliphatic rings. The summed E-state index contributed by atoms with van der Waals surface area (Å²) in [5.74, 6) is 1.33. The summed E-state index contributed by atoms with van der Waals surface area (Å²) >= 11 is 0. The van der Waals surface area contributed by atoms with Crippen LogP contribution in [0.3, 0.4) is 0 Å². The second-order valence-electron chi connectivity index (χ2n) is 8.20. The molecule has 1 atom stereocenters. The lowest BCUT2D eigenvalue weighted by molar-refractivity contribution is 0.191. The predicted molar refractivity (Wildman–Crippen MR) is 126 cm³/mol. The largest absolute Gasteiger partial charge is 0.497 e. The van der Waals surface area contributed by atoms with Gasteiger partial charge in [-0.15, -0.1) is 0 Å². The fourth-order valence-electron chi connectivity index (χ4n) is 4.46. The molecule has 2 amide bonds. The number of nitrogens with zero attached hydrogens (tertiary/aromatic N) is 3. The first-order valence-corrected chi connectivity index (χ1v) is 11.1. The molecule has 3 heterocycles. The van der Waals surface area contributed by atoms with Crippen molar-refractivity contribution in [3.8, 4) is 17.0 Å². The number of fused-ring (bicyclic) bond motifs is 1. The van der Waals surface area contributed by atoms with E-state index in [1.54, 1.807) is 30.2 Å². The maximum Gasteiger partial charge on any atom is 0.321 e. The molecule has 168 valence electrons. The molecule has 1 unspecified atom stereocenters. The predicted octanol–water partition coefficient (Wildman–Crippen LogP) is 5.56.